The first kappa shape index (κ1) is 19.3. The van der Waals surface area contributed by atoms with Gasteiger partial charge in [-0.25, -0.2) is 0 Å². The normalized spacial score (nSPS) is 25.2. The number of rotatable bonds is 0. The second-order valence-corrected chi connectivity index (χ2v) is 7.92. The summed E-state index contributed by atoms with van der Waals surface area (Å²) in [6, 6.07) is 0. The van der Waals surface area contributed by atoms with Crippen LogP contribution in [0.25, 0.3) is 0 Å². The molecule has 0 aromatic rings. The van der Waals surface area contributed by atoms with Crippen molar-refractivity contribution in [3.05, 3.63) is 0 Å². The second-order valence-electron chi connectivity index (χ2n) is 7.92. The largest absolute Gasteiger partial charge is 0.311 e. The zero-order valence-corrected chi connectivity index (χ0v) is 15.6. The molecule has 1 rings (SSSR count). The third kappa shape index (κ3) is 8.64. The Morgan fingerprint density at radius 3 is 1.45 bits per heavy atom. The topological polar surface area (TPSA) is 48.8 Å². The highest BCUT2D eigenvalue weighted by Crippen LogP contribution is 2.12. The van der Waals surface area contributed by atoms with Gasteiger partial charge >= 0.3 is 0 Å². The van der Waals surface area contributed by atoms with Gasteiger partial charge in [0.25, 0.3) is 0 Å². The highest BCUT2D eigenvalue weighted by Gasteiger charge is 2.19. The molecule has 0 aromatic carbocycles. The fourth-order valence-electron chi connectivity index (χ4n) is 3.07. The zero-order valence-electron chi connectivity index (χ0n) is 15.6. The van der Waals surface area contributed by atoms with E-state index in [4.69, 9.17) is 9.98 Å². The minimum atomic E-state index is 0.115. The molecular weight excluding hydrogens is 272 g/mol. The lowest BCUT2D eigenvalue weighted by molar-refractivity contribution is 0.394. The van der Waals surface area contributed by atoms with Crippen LogP contribution in [-0.2, 0) is 0 Å². The Hall–Kier alpha value is -0.740. The quantitative estimate of drug-likeness (QED) is 0.722. The summed E-state index contributed by atoms with van der Waals surface area (Å²) in [5.41, 5.74) is 2.73. The van der Waals surface area contributed by atoms with Crippen LogP contribution < -0.4 is 10.6 Å². The lowest BCUT2D eigenvalue weighted by Crippen LogP contribution is -2.42. The first-order valence-corrected chi connectivity index (χ1v) is 8.70. The molecule has 4 nitrogen and oxygen atoms in total. The fourth-order valence-corrected chi connectivity index (χ4v) is 3.07. The van der Waals surface area contributed by atoms with Crippen LogP contribution >= 0.6 is 0 Å². The van der Waals surface area contributed by atoms with Crippen LogP contribution in [0.2, 0.25) is 0 Å². The van der Waals surface area contributed by atoms with E-state index in [1.54, 1.807) is 0 Å². The van der Waals surface area contributed by atoms with Gasteiger partial charge in [-0.3, -0.25) is 9.98 Å². The van der Waals surface area contributed by atoms with Crippen molar-refractivity contribution < 1.29 is 0 Å². The highest BCUT2D eigenvalue weighted by atomic mass is 15.0. The van der Waals surface area contributed by atoms with Crippen molar-refractivity contribution in [1.29, 1.82) is 0 Å². The van der Waals surface area contributed by atoms with E-state index in [1.165, 1.54) is 11.4 Å². The summed E-state index contributed by atoms with van der Waals surface area (Å²) in [5.74, 6) is 0. The van der Waals surface area contributed by atoms with Gasteiger partial charge in [0.1, 0.15) is 0 Å². The van der Waals surface area contributed by atoms with Gasteiger partial charge in [0.2, 0.25) is 0 Å². The summed E-state index contributed by atoms with van der Waals surface area (Å²) < 4.78 is 0. The third-order valence-corrected chi connectivity index (χ3v) is 4.04. The van der Waals surface area contributed by atoms with E-state index in [0.717, 1.165) is 51.9 Å². The predicted octanol–water partition coefficient (Wildman–Crippen LogP) is 3.22. The minimum Gasteiger partial charge on any atom is -0.311 e. The molecule has 0 atom stereocenters. The molecule has 22 heavy (non-hydrogen) atoms. The third-order valence-electron chi connectivity index (χ3n) is 4.04. The first-order valence-electron chi connectivity index (χ1n) is 8.70. The van der Waals surface area contributed by atoms with E-state index in [-0.39, 0.29) is 11.1 Å². The zero-order chi connectivity index (χ0) is 16.6. The fraction of sp³-hybridized carbons (Fsp3) is 0.889. The average molecular weight is 309 g/mol. The monoisotopic (exact) mass is 308 g/mol. The predicted molar refractivity (Wildman–Crippen MR) is 98.6 cm³/mol. The van der Waals surface area contributed by atoms with Gasteiger partial charge in [0.15, 0.2) is 0 Å². The Morgan fingerprint density at radius 2 is 1.09 bits per heavy atom. The first-order chi connectivity index (χ1) is 10.2. The van der Waals surface area contributed by atoms with E-state index in [9.17, 15) is 0 Å². The number of nitrogens with zero attached hydrogens (tertiary/aromatic N) is 2. The van der Waals surface area contributed by atoms with Crippen LogP contribution in [0.15, 0.2) is 9.98 Å². The molecule has 0 fully saturated rings. The lowest BCUT2D eigenvalue weighted by Gasteiger charge is -2.27. The minimum absolute atomic E-state index is 0.115. The summed E-state index contributed by atoms with van der Waals surface area (Å²) in [5, 5.41) is 7.28. The van der Waals surface area contributed by atoms with Crippen molar-refractivity contribution in [2.24, 2.45) is 9.98 Å². The van der Waals surface area contributed by atoms with Crippen LogP contribution in [0.4, 0.5) is 0 Å². The van der Waals surface area contributed by atoms with Crippen LogP contribution in [-0.4, -0.2) is 48.7 Å². The molecule has 0 unspecified atom stereocenters. The van der Waals surface area contributed by atoms with Gasteiger partial charge in [-0.1, -0.05) is 0 Å². The standard InChI is InChI=1S/C18H36N4/c1-15-13-17(3,4)21-12-8-10-20-16(2)14-18(5,6)22-11-7-9-19-15/h21-22H,7-14H2,1-6H3. The van der Waals surface area contributed by atoms with Crippen LogP contribution in [0, 0.1) is 0 Å². The molecule has 128 valence electrons. The summed E-state index contributed by atoms with van der Waals surface area (Å²) in [6.07, 6.45) is 4.19. The number of nitrogens with one attached hydrogen (secondary N) is 2. The van der Waals surface area contributed by atoms with Gasteiger partial charge in [0, 0.05) is 48.4 Å². The van der Waals surface area contributed by atoms with Crippen molar-refractivity contribution >= 4 is 11.4 Å². The van der Waals surface area contributed by atoms with Crippen molar-refractivity contribution in [2.75, 3.05) is 26.2 Å². The lowest BCUT2D eigenvalue weighted by atomic mass is 9.97. The van der Waals surface area contributed by atoms with Crippen LogP contribution in [0.1, 0.15) is 67.2 Å². The SMILES string of the molecule is CC1=NCCCNC(C)(C)CC(C)=NCCCNC(C)(C)C1. The maximum atomic E-state index is 4.72. The molecule has 0 aromatic heterocycles. The van der Waals surface area contributed by atoms with Crippen LogP contribution in [0.5, 0.6) is 0 Å². The van der Waals surface area contributed by atoms with Crippen molar-refractivity contribution in [2.45, 2.75) is 78.3 Å². The molecule has 0 bridgehead atoms. The number of aliphatic imine (C=N–C) groups is 2. The molecule has 0 aliphatic carbocycles. The molecule has 0 saturated heterocycles. The van der Waals surface area contributed by atoms with Gasteiger partial charge in [-0.2, -0.15) is 0 Å². The van der Waals surface area contributed by atoms with Gasteiger partial charge in [-0.15, -0.1) is 0 Å². The highest BCUT2D eigenvalue weighted by molar-refractivity contribution is 5.83. The maximum absolute atomic E-state index is 4.72. The summed E-state index contributed by atoms with van der Waals surface area (Å²) in [7, 11) is 0. The Kier molecular flexibility index (Phi) is 7.70. The van der Waals surface area contributed by atoms with Gasteiger partial charge in [0.05, 0.1) is 0 Å². The Labute approximate surface area is 137 Å². The maximum Gasteiger partial charge on any atom is 0.0400 e. The molecule has 2 N–H and O–H groups in total. The molecule has 1 aliphatic rings. The molecule has 1 heterocycles. The van der Waals surface area contributed by atoms with E-state index < -0.39 is 0 Å². The number of hydrogen-bond acceptors (Lipinski definition) is 4. The van der Waals surface area contributed by atoms with Gasteiger partial charge < -0.3 is 10.6 Å². The Morgan fingerprint density at radius 1 is 0.727 bits per heavy atom. The molecule has 1 aliphatic heterocycles. The van der Waals surface area contributed by atoms with E-state index in [0.29, 0.717) is 0 Å². The van der Waals surface area contributed by atoms with Crippen LogP contribution in [0.3, 0.4) is 0 Å². The number of hydrogen-bond donors (Lipinski definition) is 2. The van der Waals surface area contributed by atoms with E-state index >= 15 is 0 Å². The molecule has 0 spiro atoms. The van der Waals surface area contributed by atoms with E-state index in [1.807, 2.05) is 0 Å². The average Bonchev–Trinajstić information content (AvgIpc) is 2.35. The molecule has 4 heteroatoms. The van der Waals surface area contributed by atoms with Crippen molar-refractivity contribution in [3.8, 4) is 0 Å². The summed E-state index contributed by atoms with van der Waals surface area (Å²) in [6.45, 7) is 17.2. The summed E-state index contributed by atoms with van der Waals surface area (Å²) in [4.78, 5) is 9.45. The Balaban J connectivity index is 2.66. The summed E-state index contributed by atoms with van der Waals surface area (Å²) >= 11 is 0. The molecule has 0 saturated carbocycles. The molecule has 0 amide bonds. The van der Waals surface area contributed by atoms with Crippen molar-refractivity contribution in [3.63, 3.8) is 0 Å². The smallest absolute Gasteiger partial charge is 0.0400 e. The van der Waals surface area contributed by atoms with Crippen molar-refractivity contribution in [1.82, 2.24) is 10.6 Å². The second kappa shape index (κ2) is 8.78. The van der Waals surface area contributed by atoms with E-state index in [2.05, 4.69) is 52.2 Å². The van der Waals surface area contributed by atoms with Gasteiger partial charge in [-0.05, 0) is 67.5 Å². The molecule has 0 radical (unpaired) electrons. The molecular formula is C18H36N4. The Bertz CT molecular complexity index is 356.